The van der Waals surface area contributed by atoms with Crippen LogP contribution < -0.4 is 16.0 Å². The number of anilines is 1. The summed E-state index contributed by atoms with van der Waals surface area (Å²) in [5, 5.41) is 49.5. The molecule has 1 amide bonds. The molecule has 0 spiro atoms. The Morgan fingerprint density at radius 1 is 1.19 bits per heavy atom. The minimum Gasteiger partial charge on any atom is -0.508 e. The molecule has 1 saturated heterocycles. The molecule has 0 aromatic heterocycles. The summed E-state index contributed by atoms with van der Waals surface area (Å²) in [6.07, 6.45) is 2.35. The molecule has 1 aliphatic heterocycles. The fraction of sp³-hybridized carbons (Fsp3) is 0.594. The van der Waals surface area contributed by atoms with Crippen LogP contribution in [0.1, 0.15) is 63.6 Å². The molecule has 11 heteroatoms. The van der Waals surface area contributed by atoms with Gasteiger partial charge in [0, 0.05) is 42.9 Å². The Morgan fingerprint density at radius 2 is 1.81 bits per heavy atom. The number of phenols is 1. The molecule has 1 aromatic carbocycles. The number of hydrogen-bond acceptors (Lipinski definition) is 10. The first-order valence-corrected chi connectivity index (χ1v) is 15.0. The molecule has 0 bridgehead atoms. The van der Waals surface area contributed by atoms with Gasteiger partial charge in [-0.3, -0.25) is 19.3 Å². The summed E-state index contributed by atoms with van der Waals surface area (Å²) in [6.45, 7) is 10.7. The number of Topliss-reactive ketones (excluding diaryl/α,β-unsaturated/α-hetero) is 2. The van der Waals surface area contributed by atoms with E-state index in [0.29, 0.717) is 12.1 Å². The third-order valence-corrected chi connectivity index (χ3v) is 10.1. The lowest BCUT2D eigenvalue weighted by molar-refractivity contribution is -0.153. The second kappa shape index (κ2) is 10.6. The number of phenolic OH excluding ortho intramolecular Hbond substituents is 1. The number of carbonyl (C=O) groups excluding carboxylic acids is 3. The SMILES string of the molecule is C[C@@H](NCc1cc(O)c2c(c1N1CCCC1)C[C@H]1C[C@H]3[C@H](N(C)C)C(=O)C(C(N)=O)=C(O)[C@@]3(O)C(=O)C1=C2O)C(C)(C)C. The standard InChI is InChI=1S/C32H44N4O7/c1-15(31(2,3)4)34-14-17-13-20(37)22-18(24(17)36-9-7-8-10-36)11-16-12-19-25(35(5)6)27(39)23(30(33)42)29(41)32(19,43)28(40)21(16)26(22)38/h13,15-16,19,25,34,37-38,41,43H,7-12,14H2,1-6H3,(H2,33,42)/t15-,16+,19+,25+,32+/m1/s1. The van der Waals surface area contributed by atoms with E-state index in [1.165, 1.54) is 4.90 Å². The number of hydrogen-bond donors (Lipinski definition) is 6. The molecule has 2 fully saturated rings. The lowest BCUT2D eigenvalue weighted by Gasteiger charge is -2.50. The molecule has 3 aliphatic carbocycles. The molecule has 43 heavy (non-hydrogen) atoms. The minimum absolute atomic E-state index is 0.00795. The number of nitrogens with two attached hydrogens (primary N) is 1. The van der Waals surface area contributed by atoms with E-state index in [4.69, 9.17) is 5.73 Å². The quantitative estimate of drug-likeness (QED) is 0.267. The van der Waals surface area contributed by atoms with Gasteiger partial charge in [0.05, 0.1) is 11.6 Å². The van der Waals surface area contributed by atoms with E-state index in [0.717, 1.165) is 37.2 Å². The molecule has 0 radical (unpaired) electrons. The number of amides is 1. The van der Waals surface area contributed by atoms with Crippen LogP contribution in [-0.4, -0.2) is 87.7 Å². The average Bonchev–Trinajstić information content (AvgIpc) is 3.42. The first kappa shape index (κ1) is 31.0. The highest BCUT2D eigenvalue weighted by atomic mass is 16.3. The van der Waals surface area contributed by atoms with Crippen molar-refractivity contribution < 1.29 is 34.8 Å². The zero-order valence-electron chi connectivity index (χ0n) is 25.8. The van der Waals surface area contributed by atoms with Gasteiger partial charge >= 0.3 is 0 Å². The molecule has 7 N–H and O–H groups in total. The Bertz CT molecular complexity index is 1450. The zero-order chi connectivity index (χ0) is 31.8. The second-order valence-electron chi connectivity index (χ2n) is 13.9. The summed E-state index contributed by atoms with van der Waals surface area (Å²) in [4.78, 5) is 43.5. The molecule has 5 rings (SSSR count). The third-order valence-electron chi connectivity index (χ3n) is 10.1. The summed E-state index contributed by atoms with van der Waals surface area (Å²) in [7, 11) is 3.18. The molecule has 1 aromatic rings. The topological polar surface area (TPSA) is 177 Å². The van der Waals surface area contributed by atoms with Gasteiger partial charge in [0.1, 0.15) is 22.8 Å². The van der Waals surface area contributed by atoms with Crippen molar-refractivity contribution in [1.82, 2.24) is 10.2 Å². The maximum absolute atomic E-state index is 14.1. The molecule has 234 valence electrons. The number of aromatic hydroxyl groups is 1. The van der Waals surface area contributed by atoms with Crippen molar-refractivity contribution in [2.45, 2.75) is 77.6 Å². The molecule has 5 atom stereocenters. The van der Waals surface area contributed by atoms with Gasteiger partial charge < -0.3 is 36.4 Å². The number of carbonyl (C=O) groups is 3. The molecular weight excluding hydrogens is 552 g/mol. The third kappa shape index (κ3) is 4.72. The average molecular weight is 597 g/mol. The molecule has 11 nitrogen and oxygen atoms in total. The van der Waals surface area contributed by atoms with Gasteiger partial charge in [-0.2, -0.15) is 0 Å². The second-order valence-corrected chi connectivity index (χ2v) is 13.9. The van der Waals surface area contributed by atoms with Gasteiger partial charge in [-0.25, -0.2) is 0 Å². The van der Waals surface area contributed by atoms with Gasteiger partial charge in [0.25, 0.3) is 5.91 Å². The number of ketones is 2. The number of benzene rings is 1. The van der Waals surface area contributed by atoms with Crippen molar-refractivity contribution in [1.29, 1.82) is 0 Å². The molecular formula is C32H44N4O7. The van der Waals surface area contributed by atoms with E-state index < -0.39 is 58.0 Å². The highest BCUT2D eigenvalue weighted by Gasteiger charge is 2.64. The summed E-state index contributed by atoms with van der Waals surface area (Å²) in [6, 6.07) is 0.683. The largest absolute Gasteiger partial charge is 0.508 e. The molecule has 4 aliphatic rings. The predicted molar refractivity (Wildman–Crippen MR) is 161 cm³/mol. The van der Waals surface area contributed by atoms with Gasteiger partial charge in [0.15, 0.2) is 11.4 Å². The van der Waals surface area contributed by atoms with Gasteiger partial charge in [0.2, 0.25) is 5.78 Å². The monoisotopic (exact) mass is 596 g/mol. The van der Waals surface area contributed by atoms with Crippen molar-refractivity contribution in [3.8, 4) is 5.75 Å². The minimum atomic E-state index is -2.65. The van der Waals surface area contributed by atoms with E-state index in [2.05, 4.69) is 37.9 Å². The van der Waals surface area contributed by atoms with E-state index in [1.807, 2.05) is 0 Å². The fourth-order valence-electron chi connectivity index (χ4n) is 7.41. The Labute approximate surface area is 252 Å². The van der Waals surface area contributed by atoms with Crippen LogP contribution >= 0.6 is 0 Å². The van der Waals surface area contributed by atoms with Crippen LogP contribution in [0.5, 0.6) is 5.75 Å². The van der Waals surface area contributed by atoms with Gasteiger partial charge in [-0.1, -0.05) is 20.8 Å². The maximum Gasteiger partial charge on any atom is 0.255 e. The van der Waals surface area contributed by atoms with E-state index in [-0.39, 0.29) is 41.2 Å². The first-order valence-electron chi connectivity index (χ1n) is 15.0. The number of likely N-dealkylation sites (N-methyl/N-ethyl adjacent to an activating group) is 1. The number of nitrogens with zero attached hydrogens (tertiary/aromatic N) is 2. The first-order chi connectivity index (χ1) is 20.0. The fourth-order valence-corrected chi connectivity index (χ4v) is 7.41. The van der Waals surface area contributed by atoms with Crippen LogP contribution in [0.15, 0.2) is 23.0 Å². The molecule has 1 heterocycles. The highest BCUT2D eigenvalue weighted by Crippen LogP contribution is 2.54. The summed E-state index contributed by atoms with van der Waals surface area (Å²) in [5.74, 6) is -6.46. The van der Waals surface area contributed by atoms with Crippen molar-refractivity contribution >= 4 is 28.9 Å². The Kier molecular flexibility index (Phi) is 7.68. The summed E-state index contributed by atoms with van der Waals surface area (Å²) < 4.78 is 0. The predicted octanol–water partition coefficient (Wildman–Crippen LogP) is 2.09. The summed E-state index contributed by atoms with van der Waals surface area (Å²) in [5.41, 5.74) is 4.47. The number of rotatable bonds is 6. The Morgan fingerprint density at radius 3 is 2.37 bits per heavy atom. The molecule has 1 saturated carbocycles. The number of primary amides is 1. The van der Waals surface area contributed by atoms with Crippen LogP contribution in [0.25, 0.3) is 5.76 Å². The van der Waals surface area contributed by atoms with Crippen molar-refractivity contribution in [2.75, 3.05) is 32.1 Å². The normalized spacial score (nSPS) is 28.3. The Hall–Kier alpha value is -3.41. The van der Waals surface area contributed by atoms with Crippen LogP contribution in [0, 0.1) is 17.3 Å². The summed E-state index contributed by atoms with van der Waals surface area (Å²) >= 11 is 0. The van der Waals surface area contributed by atoms with Crippen molar-refractivity contribution in [2.24, 2.45) is 23.0 Å². The lowest BCUT2D eigenvalue weighted by atomic mass is 9.57. The number of aliphatic hydroxyl groups is 3. The van der Waals surface area contributed by atoms with Gasteiger partial charge in [-0.15, -0.1) is 0 Å². The van der Waals surface area contributed by atoms with Crippen LogP contribution in [0.2, 0.25) is 0 Å². The lowest BCUT2D eigenvalue weighted by Crippen LogP contribution is -2.65. The van der Waals surface area contributed by atoms with E-state index in [9.17, 15) is 34.8 Å². The highest BCUT2D eigenvalue weighted by molar-refractivity contribution is 6.24. The number of nitrogens with one attached hydrogen (secondary N) is 1. The zero-order valence-corrected chi connectivity index (χ0v) is 25.8. The van der Waals surface area contributed by atoms with Crippen molar-refractivity contribution in [3.05, 3.63) is 39.7 Å². The Balaban J connectivity index is 1.68. The van der Waals surface area contributed by atoms with E-state index >= 15 is 0 Å². The number of aliphatic hydroxyl groups excluding tert-OH is 2. The maximum atomic E-state index is 14.1. The van der Waals surface area contributed by atoms with Crippen LogP contribution in [0.4, 0.5) is 5.69 Å². The van der Waals surface area contributed by atoms with E-state index in [1.54, 1.807) is 20.2 Å². The van der Waals surface area contributed by atoms with Crippen molar-refractivity contribution in [3.63, 3.8) is 0 Å². The molecule has 0 unspecified atom stereocenters. The number of fused-ring (bicyclic) bond motifs is 3. The smallest absolute Gasteiger partial charge is 0.255 e. The van der Waals surface area contributed by atoms with Crippen LogP contribution in [0.3, 0.4) is 0 Å². The van der Waals surface area contributed by atoms with Crippen LogP contribution in [-0.2, 0) is 27.3 Å². The van der Waals surface area contributed by atoms with Gasteiger partial charge in [-0.05, 0) is 75.2 Å².